The number of benzene rings is 1. The van der Waals surface area contributed by atoms with Crippen molar-refractivity contribution in [3.05, 3.63) is 52.9 Å². The summed E-state index contributed by atoms with van der Waals surface area (Å²) >= 11 is 1.60. The molecule has 22 heavy (non-hydrogen) atoms. The maximum absolute atomic E-state index is 12.1. The van der Waals surface area contributed by atoms with Crippen molar-refractivity contribution in [2.75, 3.05) is 12.4 Å². The van der Waals surface area contributed by atoms with Gasteiger partial charge in [0.25, 0.3) is 0 Å². The first kappa shape index (κ1) is 14.3. The van der Waals surface area contributed by atoms with E-state index in [1.807, 2.05) is 35.7 Å². The zero-order valence-corrected chi connectivity index (χ0v) is 12.8. The van der Waals surface area contributed by atoms with Gasteiger partial charge in [0.05, 0.1) is 24.9 Å². The van der Waals surface area contributed by atoms with Crippen LogP contribution in [0.1, 0.15) is 4.88 Å². The van der Waals surface area contributed by atoms with E-state index in [-0.39, 0.29) is 6.03 Å². The highest BCUT2D eigenvalue weighted by molar-refractivity contribution is 7.09. The van der Waals surface area contributed by atoms with Gasteiger partial charge in [-0.1, -0.05) is 12.1 Å². The number of ether oxygens (including phenoxy) is 1. The molecular weight excluding hydrogens is 298 g/mol. The van der Waals surface area contributed by atoms with Crippen molar-refractivity contribution in [2.45, 2.75) is 6.54 Å². The predicted octanol–water partition coefficient (Wildman–Crippen LogP) is 3.63. The quantitative estimate of drug-likeness (QED) is 0.773. The summed E-state index contributed by atoms with van der Waals surface area (Å²) in [6.07, 6.45) is 1.70. The lowest BCUT2D eigenvalue weighted by molar-refractivity contribution is 0.252. The Bertz CT molecular complexity index is 787. The molecule has 1 aromatic carbocycles. The molecule has 3 rings (SSSR count). The summed E-state index contributed by atoms with van der Waals surface area (Å²) in [5.41, 5.74) is 1.35. The average Bonchev–Trinajstić information content (AvgIpc) is 3.06. The standard InChI is InChI=1S/C16H15N3O2S/c1-21-12-8-11-4-2-6-17-15(11)14(9-12)19-16(20)18-10-13-5-3-7-22-13/h2-9H,10H2,1H3,(H2,18,19,20). The third-order valence-electron chi connectivity index (χ3n) is 3.17. The van der Waals surface area contributed by atoms with Gasteiger partial charge >= 0.3 is 6.03 Å². The zero-order chi connectivity index (χ0) is 15.4. The van der Waals surface area contributed by atoms with Crippen LogP contribution in [0.2, 0.25) is 0 Å². The molecule has 0 saturated carbocycles. The SMILES string of the molecule is COc1cc(NC(=O)NCc2cccs2)c2ncccc2c1. The molecule has 0 saturated heterocycles. The second-order valence-electron chi connectivity index (χ2n) is 4.64. The Morgan fingerprint density at radius 1 is 1.32 bits per heavy atom. The molecule has 0 aliphatic heterocycles. The van der Waals surface area contributed by atoms with E-state index in [1.54, 1.807) is 30.7 Å². The van der Waals surface area contributed by atoms with Gasteiger partial charge in [0, 0.05) is 22.5 Å². The minimum Gasteiger partial charge on any atom is -0.497 e. The number of carbonyl (C=O) groups is 1. The van der Waals surface area contributed by atoms with Crippen LogP contribution in [0.15, 0.2) is 48.0 Å². The van der Waals surface area contributed by atoms with Crippen LogP contribution in [0.4, 0.5) is 10.5 Å². The lowest BCUT2D eigenvalue weighted by atomic mass is 10.2. The third-order valence-corrected chi connectivity index (χ3v) is 4.04. The number of nitrogens with zero attached hydrogens (tertiary/aromatic N) is 1. The largest absolute Gasteiger partial charge is 0.497 e. The summed E-state index contributed by atoms with van der Waals surface area (Å²) in [4.78, 5) is 17.5. The molecule has 0 atom stereocenters. The van der Waals surface area contributed by atoms with Crippen molar-refractivity contribution >= 4 is 34.0 Å². The highest BCUT2D eigenvalue weighted by atomic mass is 32.1. The Morgan fingerprint density at radius 2 is 2.23 bits per heavy atom. The van der Waals surface area contributed by atoms with E-state index < -0.39 is 0 Å². The molecule has 0 radical (unpaired) electrons. The highest BCUT2D eigenvalue weighted by Gasteiger charge is 2.09. The van der Waals surface area contributed by atoms with Crippen molar-refractivity contribution in [1.29, 1.82) is 0 Å². The van der Waals surface area contributed by atoms with Crippen molar-refractivity contribution in [2.24, 2.45) is 0 Å². The van der Waals surface area contributed by atoms with Gasteiger partial charge in [-0.25, -0.2) is 4.79 Å². The van der Waals surface area contributed by atoms with Gasteiger partial charge in [0.2, 0.25) is 0 Å². The van der Waals surface area contributed by atoms with Gasteiger partial charge in [0.15, 0.2) is 0 Å². The van der Waals surface area contributed by atoms with Gasteiger partial charge in [-0.2, -0.15) is 0 Å². The van der Waals surface area contributed by atoms with Gasteiger partial charge in [-0.15, -0.1) is 11.3 Å². The fourth-order valence-corrected chi connectivity index (χ4v) is 2.77. The predicted molar refractivity (Wildman–Crippen MR) is 88.5 cm³/mol. The van der Waals surface area contributed by atoms with E-state index >= 15 is 0 Å². The van der Waals surface area contributed by atoms with E-state index in [0.29, 0.717) is 18.0 Å². The summed E-state index contributed by atoms with van der Waals surface area (Å²) < 4.78 is 5.27. The molecule has 0 aliphatic rings. The molecule has 2 aromatic heterocycles. The van der Waals surface area contributed by atoms with Gasteiger partial charge < -0.3 is 15.4 Å². The topological polar surface area (TPSA) is 63.2 Å². The Labute approximate surface area is 131 Å². The molecule has 0 spiro atoms. The number of methoxy groups -OCH3 is 1. The number of urea groups is 1. The normalized spacial score (nSPS) is 10.4. The first-order valence-electron chi connectivity index (χ1n) is 6.76. The Morgan fingerprint density at radius 3 is 3.00 bits per heavy atom. The smallest absolute Gasteiger partial charge is 0.319 e. The van der Waals surface area contributed by atoms with Crippen molar-refractivity contribution in [3.8, 4) is 5.75 Å². The van der Waals surface area contributed by atoms with Crippen LogP contribution in [0, 0.1) is 0 Å². The van der Waals surface area contributed by atoms with Crippen molar-refractivity contribution in [3.63, 3.8) is 0 Å². The third kappa shape index (κ3) is 3.17. The van der Waals surface area contributed by atoms with E-state index in [0.717, 1.165) is 15.8 Å². The molecule has 5 nitrogen and oxygen atoms in total. The average molecular weight is 313 g/mol. The fraction of sp³-hybridized carbons (Fsp3) is 0.125. The van der Waals surface area contributed by atoms with Crippen molar-refractivity contribution < 1.29 is 9.53 Å². The molecule has 6 heteroatoms. The number of rotatable bonds is 4. The van der Waals surface area contributed by atoms with Gasteiger partial charge in [-0.05, 0) is 23.6 Å². The number of hydrogen-bond donors (Lipinski definition) is 2. The maximum atomic E-state index is 12.1. The van der Waals surface area contributed by atoms with E-state index in [1.165, 1.54) is 0 Å². The maximum Gasteiger partial charge on any atom is 0.319 e. The lowest BCUT2D eigenvalue weighted by Crippen LogP contribution is -2.28. The molecule has 2 amide bonds. The number of pyridine rings is 1. The lowest BCUT2D eigenvalue weighted by Gasteiger charge is -2.11. The summed E-state index contributed by atoms with van der Waals surface area (Å²) in [7, 11) is 1.60. The Hall–Kier alpha value is -2.60. The first-order valence-corrected chi connectivity index (χ1v) is 7.64. The van der Waals surface area contributed by atoms with E-state index in [2.05, 4.69) is 15.6 Å². The second kappa shape index (κ2) is 6.44. The minimum atomic E-state index is -0.270. The molecule has 3 aromatic rings. The molecule has 112 valence electrons. The number of nitrogens with one attached hydrogen (secondary N) is 2. The molecule has 0 fully saturated rings. The Balaban J connectivity index is 1.78. The number of thiophene rings is 1. The monoisotopic (exact) mass is 313 g/mol. The summed E-state index contributed by atoms with van der Waals surface area (Å²) in [5, 5.41) is 8.55. The molecule has 0 aliphatic carbocycles. The van der Waals surface area contributed by atoms with Crippen molar-refractivity contribution in [1.82, 2.24) is 10.3 Å². The van der Waals surface area contributed by atoms with Gasteiger partial charge in [0.1, 0.15) is 5.75 Å². The van der Waals surface area contributed by atoms with Crippen LogP contribution in [-0.4, -0.2) is 18.1 Å². The molecule has 0 unspecified atom stereocenters. The van der Waals surface area contributed by atoms with E-state index in [4.69, 9.17) is 4.74 Å². The summed E-state index contributed by atoms with van der Waals surface area (Å²) in [6.45, 7) is 0.499. The first-order chi connectivity index (χ1) is 10.8. The molecule has 2 N–H and O–H groups in total. The number of anilines is 1. The summed E-state index contributed by atoms with van der Waals surface area (Å²) in [6, 6.07) is 11.1. The van der Waals surface area contributed by atoms with E-state index in [9.17, 15) is 4.79 Å². The van der Waals surface area contributed by atoms with Gasteiger partial charge in [-0.3, -0.25) is 4.98 Å². The minimum absolute atomic E-state index is 0.270. The van der Waals surface area contributed by atoms with Crippen LogP contribution < -0.4 is 15.4 Å². The fourth-order valence-electron chi connectivity index (χ4n) is 2.13. The van der Waals surface area contributed by atoms with Crippen LogP contribution in [-0.2, 0) is 6.54 Å². The summed E-state index contributed by atoms with van der Waals surface area (Å²) in [5.74, 6) is 0.675. The number of aromatic nitrogens is 1. The number of fused-ring (bicyclic) bond motifs is 1. The van der Waals surface area contributed by atoms with Crippen LogP contribution in [0.5, 0.6) is 5.75 Å². The Kier molecular flexibility index (Phi) is 4.20. The molecule has 0 bridgehead atoms. The number of hydrogen-bond acceptors (Lipinski definition) is 4. The molecular formula is C16H15N3O2S. The number of carbonyl (C=O) groups excluding carboxylic acids is 1. The number of amides is 2. The zero-order valence-electron chi connectivity index (χ0n) is 12.0. The highest BCUT2D eigenvalue weighted by Crippen LogP contribution is 2.27. The molecule has 2 heterocycles. The van der Waals surface area contributed by atoms with Crippen LogP contribution >= 0.6 is 11.3 Å². The van der Waals surface area contributed by atoms with Crippen LogP contribution in [0.25, 0.3) is 10.9 Å². The second-order valence-corrected chi connectivity index (χ2v) is 5.67. The van der Waals surface area contributed by atoms with Crippen LogP contribution in [0.3, 0.4) is 0 Å².